The third kappa shape index (κ3) is 4.18. The Morgan fingerprint density at radius 1 is 1.41 bits per heavy atom. The highest BCUT2D eigenvalue weighted by Crippen LogP contribution is 2.51. The molecule has 98 valence electrons. The molecular formula is C13H22O3S. The Bertz CT molecular complexity index is 257. The first-order valence-electron chi connectivity index (χ1n) is 6.46. The lowest BCUT2D eigenvalue weighted by Crippen LogP contribution is -2.19. The average Bonchev–Trinajstić information content (AvgIpc) is 3.10. The van der Waals surface area contributed by atoms with Crippen molar-refractivity contribution in [3.63, 3.8) is 0 Å². The Morgan fingerprint density at radius 3 is 2.71 bits per heavy atom. The van der Waals surface area contributed by atoms with Crippen LogP contribution in [0.1, 0.15) is 32.1 Å². The molecule has 0 unspecified atom stereocenters. The van der Waals surface area contributed by atoms with E-state index in [4.69, 9.17) is 9.47 Å². The Morgan fingerprint density at radius 2 is 2.12 bits per heavy atom. The molecule has 2 aliphatic rings. The van der Waals surface area contributed by atoms with Crippen molar-refractivity contribution in [2.24, 2.45) is 11.3 Å². The lowest BCUT2D eigenvalue weighted by molar-refractivity contribution is -0.141. The predicted molar refractivity (Wildman–Crippen MR) is 69.2 cm³/mol. The Labute approximate surface area is 108 Å². The van der Waals surface area contributed by atoms with Gasteiger partial charge in [-0.1, -0.05) is 0 Å². The van der Waals surface area contributed by atoms with Crippen molar-refractivity contribution in [1.82, 2.24) is 0 Å². The minimum absolute atomic E-state index is 0.0471. The van der Waals surface area contributed by atoms with Crippen LogP contribution < -0.4 is 0 Å². The fraction of sp³-hybridized carbons (Fsp3) is 0.923. The molecule has 2 rings (SSSR count). The highest BCUT2D eigenvalue weighted by Gasteiger charge is 2.44. The van der Waals surface area contributed by atoms with Crippen LogP contribution in [0.5, 0.6) is 0 Å². The van der Waals surface area contributed by atoms with E-state index in [2.05, 4.69) is 0 Å². The number of hydrogen-bond donors (Lipinski definition) is 0. The van der Waals surface area contributed by atoms with E-state index in [1.165, 1.54) is 38.5 Å². The van der Waals surface area contributed by atoms with Crippen LogP contribution in [0.2, 0.25) is 0 Å². The minimum atomic E-state index is -0.0471. The average molecular weight is 258 g/mol. The summed E-state index contributed by atoms with van der Waals surface area (Å²) in [5.74, 6) is 3.13. The molecule has 0 aromatic heterocycles. The molecule has 0 aromatic rings. The monoisotopic (exact) mass is 258 g/mol. The second kappa shape index (κ2) is 6.10. The van der Waals surface area contributed by atoms with Crippen LogP contribution in [0.4, 0.5) is 0 Å². The van der Waals surface area contributed by atoms with E-state index >= 15 is 0 Å². The van der Waals surface area contributed by atoms with Gasteiger partial charge in [0.1, 0.15) is 0 Å². The van der Waals surface area contributed by atoms with E-state index in [0.717, 1.165) is 24.9 Å². The van der Waals surface area contributed by atoms with Crippen molar-refractivity contribution in [3.05, 3.63) is 0 Å². The third-order valence-corrected chi connectivity index (χ3v) is 5.33. The number of ether oxygens (including phenoxy) is 2. The second-order valence-electron chi connectivity index (χ2n) is 5.32. The molecule has 0 aromatic carbocycles. The zero-order valence-electron chi connectivity index (χ0n) is 10.6. The normalized spacial score (nSPS) is 23.4. The Hall–Kier alpha value is -0.220. The summed E-state index contributed by atoms with van der Waals surface area (Å²) in [5.41, 5.74) is 0.281. The van der Waals surface area contributed by atoms with Gasteiger partial charge < -0.3 is 9.47 Å². The van der Waals surface area contributed by atoms with Crippen molar-refractivity contribution in [3.8, 4) is 0 Å². The summed E-state index contributed by atoms with van der Waals surface area (Å²) in [6.07, 6.45) is 5.42. The zero-order valence-corrected chi connectivity index (χ0v) is 11.4. The molecule has 2 fully saturated rings. The first-order valence-corrected chi connectivity index (χ1v) is 7.62. The van der Waals surface area contributed by atoms with Gasteiger partial charge in [0.15, 0.2) is 0 Å². The van der Waals surface area contributed by atoms with Crippen molar-refractivity contribution in [1.29, 1.82) is 0 Å². The number of esters is 1. The van der Waals surface area contributed by atoms with Crippen LogP contribution in [-0.2, 0) is 14.3 Å². The van der Waals surface area contributed by atoms with E-state index in [0.29, 0.717) is 6.42 Å². The standard InChI is InChI=1S/C13H22O3S/c1-15-12(14)8-13(4-5-13)10-17-9-11-2-6-16-7-3-11/h11H,2-10H2,1H3. The largest absolute Gasteiger partial charge is 0.469 e. The first-order chi connectivity index (χ1) is 8.24. The predicted octanol–water partition coefficient (Wildman–Crippen LogP) is 2.49. The highest BCUT2D eigenvalue weighted by atomic mass is 32.2. The fourth-order valence-electron chi connectivity index (χ4n) is 2.28. The van der Waals surface area contributed by atoms with Gasteiger partial charge in [-0.05, 0) is 48.5 Å². The third-order valence-electron chi connectivity index (χ3n) is 3.81. The molecule has 0 amide bonds. The minimum Gasteiger partial charge on any atom is -0.469 e. The molecular weight excluding hydrogens is 236 g/mol. The summed E-state index contributed by atoms with van der Waals surface area (Å²) >= 11 is 2.02. The van der Waals surface area contributed by atoms with Crippen molar-refractivity contribution < 1.29 is 14.3 Å². The lowest BCUT2D eigenvalue weighted by atomic mass is 10.0. The number of carbonyl (C=O) groups excluding carboxylic acids is 1. The topological polar surface area (TPSA) is 35.5 Å². The van der Waals surface area contributed by atoms with Crippen LogP contribution >= 0.6 is 11.8 Å². The molecule has 0 bridgehead atoms. The smallest absolute Gasteiger partial charge is 0.306 e. The molecule has 1 heterocycles. The van der Waals surface area contributed by atoms with E-state index in [1.54, 1.807) is 0 Å². The van der Waals surface area contributed by atoms with Crippen LogP contribution in [-0.4, -0.2) is 37.8 Å². The molecule has 17 heavy (non-hydrogen) atoms. The number of rotatable bonds is 6. The maximum Gasteiger partial charge on any atom is 0.306 e. The molecule has 0 spiro atoms. The summed E-state index contributed by atoms with van der Waals surface area (Å²) in [4.78, 5) is 11.3. The molecule has 1 saturated carbocycles. The van der Waals surface area contributed by atoms with Gasteiger partial charge in [0.25, 0.3) is 0 Å². The van der Waals surface area contributed by atoms with Crippen LogP contribution in [0.15, 0.2) is 0 Å². The molecule has 0 radical (unpaired) electrons. The van der Waals surface area contributed by atoms with Gasteiger partial charge in [-0.25, -0.2) is 0 Å². The van der Waals surface area contributed by atoms with Crippen molar-refractivity contribution in [2.75, 3.05) is 31.8 Å². The Balaban J connectivity index is 1.62. The summed E-state index contributed by atoms with van der Waals surface area (Å²) in [6, 6.07) is 0. The van der Waals surface area contributed by atoms with Gasteiger partial charge >= 0.3 is 5.97 Å². The van der Waals surface area contributed by atoms with Crippen molar-refractivity contribution >= 4 is 17.7 Å². The fourth-order valence-corrected chi connectivity index (χ4v) is 3.89. The van der Waals surface area contributed by atoms with Crippen molar-refractivity contribution in [2.45, 2.75) is 32.1 Å². The van der Waals surface area contributed by atoms with Gasteiger partial charge in [-0.15, -0.1) is 0 Å². The second-order valence-corrected chi connectivity index (χ2v) is 6.35. The molecule has 0 atom stereocenters. The first kappa shape index (κ1) is 13.2. The molecule has 0 N–H and O–H groups in total. The maximum atomic E-state index is 11.3. The zero-order chi connectivity index (χ0) is 12.1. The van der Waals surface area contributed by atoms with Crippen LogP contribution in [0.25, 0.3) is 0 Å². The van der Waals surface area contributed by atoms with Crippen LogP contribution in [0, 0.1) is 11.3 Å². The van der Waals surface area contributed by atoms with Gasteiger partial charge in [0.05, 0.1) is 13.5 Å². The van der Waals surface area contributed by atoms with Gasteiger partial charge in [-0.2, -0.15) is 11.8 Å². The quantitative estimate of drug-likeness (QED) is 0.686. The SMILES string of the molecule is COC(=O)CC1(CSCC2CCOCC2)CC1. The summed E-state index contributed by atoms with van der Waals surface area (Å²) in [6.45, 7) is 1.86. The Kier molecular flexibility index (Phi) is 4.74. The summed E-state index contributed by atoms with van der Waals surface area (Å²) in [7, 11) is 1.48. The van der Waals surface area contributed by atoms with E-state index in [1.807, 2.05) is 11.8 Å². The van der Waals surface area contributed by atoms with E-state index in [-0.39, 0.29) is 11.4 Å². The number of carbonyl (C=O) groups is 1. The molecule has 3 nitrogen and oxygen atoms in total. The molecule has 1 aliphatic heterocycles. The number of hydrogen-bond acceptors (Lipinski definition) is 4. The summed E-state index contributed by atoms with van der Waals surface area (Å²) in [5, 5.41) is 0. The maximum absolute atomic E-state index is 11.3. The number of methoxy groups -OCH3 is 1. The van der Waals surface area contributed by atoms with Gasteiger partial charge in [0, 0.05) is 13.2 Å². The highest BCUT2D eigenvalue weighted by molar-refractivity contribution is 7.99. The summed E-state index contributed by atoms with van der Waals surface area (Å²) < 4.78 is 10.1. The van der Waals surface area contributed by atoms with E-state index in [9.17, 15) is 4.79 Å². The van der Waals surface area contributed by atoms with Crippen LogP contribution in [0.3, 0.4) is 0 Å². The lowest BCUT2D eigenvalue weighted by Gasteiger charge is -2.22. The van der Waals surface area contributed by atoms with Gasteiger partial charge in [-0.3, -0.25) is 4.79 Å². The molecule has 1 aliphatic carbocycles. The van der Waals surface area contributed by atoms with Gasteiger partial charge in [0.2, 0.25) is 0 Å². The number of thioether (sulfide) groups is 1. The molecule has 1 saturated heterocycles. The molecule has 4 heteroatoms. The van der Waals surface area contributed by atoms with E-state index < -0.39 is 0 Å².